The number of fused-ring (bicyclic) bond motifs is 1. The van der Waals surface area contributed by atoms with Crippen LogP contribution in [0.1, 0.15) is 20.1 Å². The van der Waals surface area contributed by atoms with Crippen LogP contribution in [0.2, 0.25) is 0 Å². The molecule has 2 aromatic heterocycles. The topological polar surface area (TPSA) is 190 Å². The van der Waals surface area contributed by atoms with Crippen molar-refractivity contribution in [1.82, 2.24) is 24.8 Å². The molecule has 1 fully saturated rings. The van der Waals surface area contributed by atoms with Gasteiger partial charge in [0.25, 0.3) is 5.56 Å². The van der Waals surface area contributed by atoms with E-state index >= 15 is 0 Å². The minimum Gasteiger partial charge on any atom is -0.394 e. The number of amides is 2. The van der Waals surface area contributed by atoms with Crippen LogP contribution in [-0.2, 0) is 23.8 Å². The van der Waals surface area contributed by atoms with Gasteiger partial charge in [-0.15, -0.1) is 0 Å². The molecule has 3 heterocycles. The van der Waals surface area contributed by atoms with Crippen LogP contribution in [0.4, 0.5) is 19.1 Å². The Balaban J connectivity index is 1.73. The second-order valence-electron chi connectivity index (χ2n) is 8.03. The number of anilines is 1. The van der Waals surface area contributed by atoms with E-state index in [4.69, 9.17) is 14.2 Å². The molecule has 1 saturated heterocycles. The van der Waals surface area contributed by atoms with Gasteiger partial charge in [0.2, 0.25) is 11.9 Å². The van der Waals surface area contributed by atoms with Crippen molar-refractivity contribution < 1.29 is 47.2 Å². The number of aromatic nitrogens is 4. The Bertz CT molecular complexity index is 1140. The summed E-state index contributed by atoms with van der Waals surface area (Å²) in [5.74, 6) is -3.06. The van der Waals surface area contributed by atoms with E-state index in [1.165, 1.54) is 10.9 Å². The number of rotatable bonds is 10. The summed E-state index contributed by atoms with van der Waals surface area (Å²) in [5.41, 5.74) is -0.770. The van der Waals surface area contributed by atoms with Crippen molar-refractivity contribution in [2.24, 2.45) is 5.92 Å². The van der Waals surface area contributed by atoms with Crippen LogP contribution in [0.15, 0.2) is 11.1 Å². The third kappa shape index (κ3) is 6.16. The van der Waals surface area contributed by atoms with Gasteiger partial charge < -0.3 is 29.7 Å². The van der Waals surface area contributed by atoms with E-state index < -0.39 is 74.0 Å². The Morgan fingerprint density at radius 3 is 2.72 bits per heavy atom. The molecular weight excluding hydrogens is 497 g/mol. The highest BCUT2D eigenvalue weighted by Gasteiger charge is 2.46. The van der Waals surface area contributed by atoms with E-state index in [-0.39, 0.29) is 23.7 Å². The number of nitrogens with zero attached hydrogens (tertiary/aromatic N) is 3. The molecule has 5 N–H and O–H groups in total. The van der Waals surface area contributed by atoms with E-state index in [9.17, 15) is 37.8 Å². The molecule has 2 aromatic rings. The molecule has 1 aliphatic heterocycles. The van der Waals surface area contributed by atoms with Gasteiger partial charge in [-0.1, -0.05) is 13.8 Å². The van der Waals surface area contributed by atoms with Gasteiger partial charge in [0.15, 0.2) is 17.4 Å². The minimum absolute atomic E-state index is 0.0158. The number of hydrogen-bond acceptors (Lipinski definition) is 10. The maximum atomic E-state index is 12.4. The van der Waals surface area contributed by atoms with Crippen LogP contribution in [-0.4, -0.2) is 92.6 Å². The first kappa shape index (κ1) is 27.5. The normalized spacial score (nSPS) is 22.3. The third-order valence-corrected chi connectivity index (χ3v) is 5.10. The second-order valence-corrected chi connectivity index (χ2v) is 8.03. The number of ether oxygens (including phenoxy) is 3. The van der Waals surface area contributed by atoms with Crippen molar-refractivity contribution in [2.75, 3.05) is 31.9 Å². The molecule has 0 spiro atoms. The summed E-state index contributed by atoms with van der Waals surface area (Å²) in [7, 11) is 0. The molecule has 0 saturated carbocycles. The van der Waals surface area contributed by atoms with Gasteiger partial charge in [0, 0.05) is 12.5 Å². The number of carbonyl (C=O) groups excluding carboxylic acids is 2. The Hall–Kier alpha value is -3.12. The highest BCUT2D eigenvalue weighted by molar-refractivity contribution is 5.91. The summed E-state index contributed by atoms with van der Waals surface area (Å²) in [4.78, 5) is 45.8. The molecule has 1 unspecified atom stereocenters. The predicted molar refractivity (Wildman–Crippen MR) is 113 cm³/mol. The molecule has 2 amide bonds. The van der Waals surface area contributed by atoms with Crippen LogP contribution in [0.5, 0.6) is 0 Å². The van der Waals surface area contributed by atoms with Gasteiger partial charge in [-0.05, 0) is 0 Å². The number of nitrogens with one attached hydrogen (secondary N) is 3. The number of aromatic amines is 1. The summed E-state index contributed by atoms with van der Waals surface area (Å²) < 4.78 is 54.0. The van der Waals surface area contributed by atoms with Crippen LogP contribution in [0.25, 0.3) is 11.2 Å². The lowest BCUT2D eigenvalue weighted by Gasteiger charge is -2.22. The van der Waals surface area contributed by atoms with Crippen LogP contribution in [0, 0.1) is 5.92 Å². The van der Waals surface area contributed by atoms with Gasteiger partial charge in [-0.3, -0.25) is 29.3 Å². The molecule has 0 bridgehead atoms. The van der Waals surface area contributed by atoms with Crippen molar-refractivity contribution in [3.05, 3.63) is 16.7 Å². The summed E-state index contributed by atoms with van der Waals surface area (Å²) in [6.45, 7) is 1.41. The quantitative estimate of drug-likeness (QED) is 0.191. The summed E-state index contributed by atoms with van der Waals surface area (Å²) in [6.07, 6.45) is -8.62. The Morgan fingerprint density at radius 1 is 1.36 bits per heavy atom. The molecule has 0 aliphatic carbocycles. The first-order chi connectivity index (χ1) is 16.9. The number of carbonyl (C=O) groups is 2. The van der Waals surface area contributed by atoms with Crippen molar-refractivity contribution in [1.29, 1.82) is 0 Å². The van der Waals surface area contributed by atoms with Crippen molar-refractivity contribution in [3.8, 4) is 0 Å². The number of imidazole rings is 1. The molecule has 14 nitrogen and oxygen atoms in total. The average molecular weight is 522 g/mol. The zero-order chi connectivity index (χ0) is 26.6. The van der Waals surface area contributed by atoms with E-state index in [0.29, 0.717) is 0 Å². The third-order valence-electron chi connectivity index (χ3n) is 5.10. The van der Waals surface area contributed by atoms with Crippen LogP contribution in [0.3, 0.4) is 0 Å². The van der Waals surface area contributed by atoms with Crippen LogP contribution >= 0.6 is 0 Å². The number of halogens is 3. The lowest BCUT2D eigenvalue weighted by molar-refractivity contribution is -0.174. The monoisotopic (exact) mass is 522 g/mol. The summed E-state index contributed by atoms with van der Waals surface area (Å²) in [5, 5.41) is 24.1. The second kappa shape index (κ2) is 11.3. The SMILES string of the molecule is CC(C)C(=O)Nc1nc2c(ncn2[C@@H]2O[C@H](CO)C(O)[C@@H]2OCOCCNC(=O)C(F)(F)F)c(=O)[nH]1. The zero-order valence-corrected chi connectivity index (χ0v) is 19.1. The van der Waals surface area contributed by atoms with E-state index in [1.54, 1.807) is 19.2 Å². The highest BCUT2D eigenvalue weighted by Crippen LogP contribution is 2.33. The molecule has 3 rings (SSSR count). The average Bonchev–Trinajstić information content (AvgIpc) is 3.36. The first-order valence-corrected chi connectivity index (χ1v) is 10.7. The van der Waals surface area contributed by atoms with Gasteiger partial charge in [-0.25, -0.2) is 4.98 Å². The van der Waals surface area contributed by atoms with Gasteiger partial charge >= 0.3 is 12.1 Å². The number of hydrogen-bond donors (Lipinski definition) is 5. The molecule has 17 heteroatoms. The fraction of sp³-hybridized carbons (Fsp3) is 0.632. The fourth-order valence-corrected chi connectivity index (χ4v) is 3.23. The number of H-pyrrole nitrogens is 1. The number of aliphatic hydroxyl groups excluding tert-OH is 2. The largest absolute Gasteiger partial charge is 0.471 e. The smallest absolute Gasteiger partial charge is 0.394 e. The zero-order valence-electron chi connectivity index (χ0n) is 19.1. The predicted octanol–water partition coefficient (Wildman–Crippen LogP) is -0.997. The van der Waals surface area contributed by atoms with Crippen LogP contribution < -0.4 is 16.2 Å². The van der Waals surface area contributed by atoms with Gasteiger partial charge in [-0.2, -0.15) is 18.2 Å². The molecule has 1 aliphatic rings. The molecule has 0 aromatic carbocycles. The van der Waals surface area contributed by atoms with Crippen molar-refractivity contribution >= 4 is 28.9 Å². The summed E-state index contributed by atoms with van der Waals surface area (Å²) in [6, 6.07) is 0. The molecular formula is C19H25F3N6O8. The standard InChI is InChI=1S/C19H25F3N6O8/c1-8(2)14(31)26-18-25-13-10(15(32)27-18)24-6-28(13)16-12(11(30)9(5-29)36-16)35-7-34-4-3-23-17(33)19(20,21)22/h6,8-9,11-12,16,29-30H,3-5,7H2,1-2H3,(H,23,33)(H2,25,26,27,31,32)/t9-,11?,12+,16-/m1/s1. The maximum Gasteiger partial charge on any atom is 0.471 e. The number of aliphatic hydroxyl groups is 2. The first-order valence-electron chi connectivity index (χ1n) is 10.7. The fourth-order valence-electron chi connectivity index (χ4n) is 3.23. The lowest BCUT2D eigenvalue weighted by atomic mass is 10.1. The number of alkyl halides is 3. The van der Waals surface area contributed by atoms with Crippen molar-refractivity contribution in [2.45, 2.75) is 44.6 Å². The molecule has 0 radical (unpaired) electrons. The van der Waals surface area contributed by atoms with E-state index in [1.807, 2.05) is 0 Å². The molecule has 4 atom stereocenters. The maximum absolute atomic E-state index is 12.4. The Kier molecular flexibility index (Phi) is 8.62. The van der Waals surface area contributed by atoms with Gasteiger partial charge in [0.1, 0.15) is 25.1 Å². The Morgan fingerprint density at radius 2 is 2.08 bits per heavy atom. The minimum atomic E-state index is -5.02. The lowest BCUT2D eigenvalue weighted by Crippen LogP contribution is -2.39. The Labute approximate surface area is 200 Å². The summed E-state index contributed by atoms with van der Waals surface area (Å²) >= 11 is 0. The van der Waals surface area contributed by atoms with E-state index in [2.05, 4.69) is 20.3 Å². The van der Waals surface area contributed by atoms with Crippen molar-refractivity contribution in [3.63, 3.8) is 0 Å². The van der Waals surface area contributed by atoms with E-state index in [0.717, 1.165) is 0 Å². The molecule has 200 valence electrons. The van der Waals surface area contributed by atoms with Gasteiger partial charge in [0.05, 0.1) is 19.5 Å². The molecule has 36 heavy (non-hydrogen) atoms. The highest BCUT2D eigenvalue weighted by atomic mass is 19.4.